The minimum atomic E-state index is 0.110. The van der Waals surface area contributed by atoms with E-state index in [1.165, 1.54) is 4.88 Å². The Morgan fingerprint density at radius 1 is 1.20 bits per heavy atom. The van der Waals surface area contributed by atoms with Gasteiger partial charge in [0.05, 0.1) is 5.02 Å². The average Bonchev–Trinajstić information content (AvgIpc) is 2.96. The van der Waals surface area contributed by atoms with Crippen LogP contribution in [0.25, 0.3) is 0 Å². The van der Waals surface area contributed by atoms with Crippen LogP contribution in [0, 0.1) is 0 Å². The maximum absolute atomic E-state index is 12.1. The van der Waals surface area contributed by atoms with Crippen LogP contribution in [0.5, 0.6) is 0 Å². The van der Waals surface area contributed by atoms with Crippen molar-refractivity contribution in [2.75, 3.05) is 20.1 Å². The van der Waals surface area contributed by atoms with Crippen molar-refractivity contribution in [1.82, 2.24) is 4.90 Å². The van der Waals surface area contributed by atoms with Gasteiger partial charge in [0.25, 0.3) is 0 Å². The number of likely N-dealkylation sites (N-methyl/N-ethyl adjacent to an activating group) is 1. The molecule has 0 amide bonds. The van der Waals surface area contributed by atoms with Crippen molar-refractivity contribution < 1.29 is 4.79 Å². The van der Waals surface area contributed by atoms with Crippen molar-refractivity contribution in [3.8, 4) is 0 Å². The molecule has 0 unspecified atom stereocenters. The summed E-state index contributed by atoms with van der Waals surface area (Å²) in [5.41, 5.74) is 0.626. The predicted molar refractivity (Wildman–Crippen MR) is 85.9 cm³/mol. The molecule has 0 atom stereocenters. The molecular formula is C16H18ClNOS. The zero-order valence-electron chi connectivity index (χ0n) is 11.5. The Labute approximate surface area is 129 Å². The van der Waals surface area contributed by atoms with Gasteiger partial charge < -0.3 is 4.90 Å². The SMILES string of the molecule is CN(CCC(=O)c1ccccc1Cl)CCc1cccs1. The van der Waals surface area contributed by atoms with Gasteiger partial charge >= 0.3 is 0 Å². The summed E-state index contributed by atoms with van der Waals surface area (Å²) in [5, 5.41) is 2.63. The molecule has 2 rings (SSSR count). The normalized spacial score (nSPS) is 10.9. The molecule has 4 heteroatoms. The molecule has 0 N–H and O–H groups in total. The fourth-order valence-electron chi connectivity index (χ4n) is 1.98. The summed E-state index contributed by atoms with van der Waals surface area (Å²) in [7, 11) is 2.05. The van der Waals surface area contributed by atoms with Crippen LogP contribution >= 0.6 is 22.9 Å². The quantitative estimate of drug-likeness (QED) is 0.716. The van der Waals surface area contributed by atoms with Crippen LogP contribution < -0.4 is 0 Å². The number of rotatable bonds is 7. The molecular weight excluding hydrogens is 290 g/mol. The van der Waals surface area contributed by atoms with Gasteiger partial charge in [0.15, 0.2) is 5.78 Å². The number of carbonyl (C=O) groups is 1. The van der Waals surface area contributed by atoms with Crippen molar-refractivity contribution in [1.29, 1.82) is 0 Å². The second-order valence-corrected chi connectivity index (χ2v) is 6.23. The highest BCUT2D eigenvalue weighted by Crippen LogP contribution is 2.17. The highest BCUT2D eigenvalue weighted by molar-refractivity contribution is 7.09. The number of hydrogen-bond acceptors (Lipinski definition) is 3. The van der Waals surface area contributed by atoms with Gasteiger partial charge in [0, 0.05) is 30.0 Å². The molecule has 106 valence electrons. The van der Waals surface area contributed by atoms with Crippen molar-refractivity contribution >= 4 is 28.7 Å². The van der Waals surface area contributed by atoms with Gasteiger partial charge in [-0.2, -0.15) is 0 Å². The molecule has 2 nitrogen and oxygen atoms in total. The van der Waals surface area contributed by atoms with E-state index in [1.807, 2.05) is 19.2 Å². The molecule has 0 aliphatic carbocycles. The van der Waals surface area contributed by atoms with Crippen molar-refractivity contribution in [3.05, 3.63) is 57.2 Å². The number of halogens is 1. The van der Waals surface area contributed by atoms with Crippen molar-refractivity contribution in [3.63, 3.8) is 0 Å². The Bertz CT molecular complexity index is 553. The number of nitrogens with zero attached hydrogens (tertiary/aromatic N) is 1. The van der Waals surface area contributed by atoms with Gasteiger partial charge in [-0.15, -0.1) is 11.3 Å². The molecule has 0 saturated heterocycles. The van der Waals surface area contributed by atoms with Gasteiger partial charge in [-0.25, -0.2) is 0 Å². The molecule has 20 heavy (non-hydrogen) atoms. The molecule has 0 bridgehead atoms. The molecule has 0 aliphatic rings. The monoisotopic (exact) mass is 307 g/mol. The van der Waals surface area contributed by atoms with Crippen LogP contribution in [0.15, 0.2) is 41.8 Å². The molecule has 0 radical (unpaired) electrons. The van der Waals surface area contributed by atoms with E-state index in [2.05, 4.69) is 22.4 Å². The first kappa shape index (κ1) is 15.2. The summed E-state index contributed by atoms with van der Waals surface area (Å²) in [4.78, 5) is 15.7. The molecule has 2 aromatic rings. The second-order valence-electron chi connectivity index (χ2n) is 4.79. The van der Waals surface area contributed by atoms with Crippen LogP contribution in [-0.2, 0) is 6.42 Å². The maximum Gasteiger partial charge on any atom is 0.165 e. The number of thiophene rings is 1. The third kappa shape index (κ3) is 4.44. The van der Waals surface area contributed by atoms with Crippen LogP contribution in [0.1, 0.15) is 21.7 Å². The van der Waals surface area contributed by atoms with Crippen LogP contribution in [0.2, 0.25) is 5.02 Å². The Kier molecular flexibility index (Phi) is 5.77. The van der Waals surface area contributed by atoms with Gasteiger partial charge in [0.1, 0.15) is 0 Å². The van der Waals surface area contributed by atoms with Crippen LogP contribution in [0.4, 0.5) is 0 Å². The lowest BCUT2D eigenvalue weighted by molar-refractivity contribution is 0.0969. The van der Waals surface area contributed by atoms with Gasteiger partial charge in [0.2, 0.25) is 0 Å². The zero-order chi connectivity index (χ0) is 14.4. The first-order chi connectivity index (χ1) is 9.66. The zero-order valence-corrected chi connectivity index (χ0v) is 13.1. The van der Waals surface area contributed by atoms with E-state index < -0.39 is 0 Å². The summed E-state index contributed by atoms with van der Waals surface area (Å²) in [5.74, 6) is 0.110. The number of hydrogen-bond donors (Lipinski definition) is 0. The number of carbonyl (C=O) groups excluding carboxylic acids is 1. The van der Waals surface area contributed by atoms with E-state index >= 15 is 0 Å². The van der Waals surface area contributed by atoms with E-state index in [0.29, 0.717) is 17.0 Å². The third-order valence-corrected chi connectivity index (χ3v) is 4.48. The summed E-state index contributed by atoms with van der Waals surface area (Å²) in [6, 6.07) is 11.5. The molecule has 1 aromatic carbocycles. The fraction of sp³-hybridized carbons (Fsp3) is 0.312. The Morgan fingerprint density at radius 2 is 2.00 bits per heavy atom. The first-order valence-corrected chi connectivity index (χ1v) is 7.91. The first-order valence-electron chi connectivity index (χ1n) is 6.65. The Hall–Kier alpha value is -1.16. The molecule has 0 spiro atoms. The van der Waals surface area contributed by atoms with E-state index in [1.54, 1.807) is 23.5 Å². The van der Waals surface area contributed by atoms with E-state index in [4.69, 9.17) is 11.6 Å². The van der Waals surface area contributed by atoms with E-state index in [-0.39, 0.29) is 5.78 Å². The fourth-order valence-corrected chi connectivity index (χ4v) is 2.92. The largest absolute Gasteiger partial charge is 0.306 e. The van der Waals surface area contributed by atoms with E-state index in [0.717, 1.165) is 19.5 Å². The highest BCUT2D eigenvalue weighted by Gasteiger charge is 2.10. The standard InChI is InChI=1S/C16H18ClNOS/c1-18(10-8-13-5-4-12-20-13)11-9-16(19)14-6-2-3-7-15(14)17/h2-7,12H,8-11H2,1H3. The molecule has 0 fully saturated rings. The summed E-state index contributed by atoms with van der Waals surface area (Å²) >= 11 is 7.81. The lowest BCUT2D eigenvalue weighted by atomic mass is 10.1. The lowest BCUT2D eigenvalue weighted by Gasteiger charge is -2.15. The minimum Gasteiger partial charge on any atom is -0.306 e. The Balaban J connectivity index is 1.77. The average molecular weight is 308 g/mol. The third-order valence-electron chi connectivity index (χ3n) is 3.21. The summed E-state index contributed by atoms with van der Waals surface area (Å²) < 4.78 is 0. The smallest absolute Gasteiger partial charge is 0.165 e. The van der Waals surface area contributed by atoms with Crippen LogP contribution in [0.3, 0.4) is 0 Å². The second kappa shape index (κ2) is 7.58. The number of benzene rings is 1. The highest BCUT2D eigenvalue weighted by atomic mass is 35.5. The van der Waals surface area contributed by atoms with Crippen molar-refractivity contribution in [2.24, 2.45) is 0 Å². The molecule has 1 aromatic heterocycles. The molecule has 0 aliphatic heterocycles. The Morgan fingerprint density at radius 3 is 2.70 bits per heavy atom. The van der Waals surface area contributed by atoms with Crippen LogP contribution in [-0.4, -0.2) is 30.8 Å². The predicted octanol–water partition coefficient (Wildman–Crippen LogP) is 4.15. The van der Waals surface area contributed by atoms with E-state index in [9.17, 15) is 4.79 Å². The summed E-state index contributed by atoms with van der Waals surface area (Å²) in [6.45, 7) is 1.73. The summed E-state index contributed by atoms with van der Waals surface area (Å²) in [6.07, 6.45) is 1.54. The van der Waals surface area contributed by atoms with Gasteiger partial charge in [-0.1, -0.05) is 29.8 Å². The topological polar surface area (TPSA) is 20.3 Å². The van der Waals surface area contributed by atoms with Gasteiger partial charge in [-0.3, -0.25) is 4.79 Å². The van der Waals surface area contributed by atoms with Gasteiger partial charge in [-0.05, 0) is 37.0 Å². The molecule has 0 saturated carbocycles. The minimum absolute atomic E-state index is 0.110. The number of ketones is 1. The number of Topliss-reactive ketones (excluding diaryl/α,β-unsaturated/α-hetero) is 1. The lowest BCUT2D eigenvalue weighted by Crippen LogP contribution is -2.24. The molecule has 1 heterocycles. The van der Waals surface area contributed by atoms with Crippen molar-refractivity contribution in [2.45, 2.75) is 12.8 Å². The maximum atomic E-state index is 12.1.